The van der Waals surface area contributed by atoms with Crippen LogP contribution in [0, 0.1) is 26.7 Å². The van der Waals surface area contributed by atoms with Crippen molar-refractivity contribution < 1.29 is 14.3 Å². The van der Waals surface area contributed by atoms with Crippen molar-refractivity contribution >= 4 is 11.6 Å². The fraction of sp³-hybridized carbons (Fsp3) is 0.435. The monoisotopic (exact) mass is 369 g/mol. The average Bonchev–Trinajstić information content (AvgIpc) is 2.59. The number of carbonyl (C=O) groups excluding carboxylic acids is 1. The first-order valence-electron chi connectivity index (χ1n) is 9.54. The van der Waals surface area contributed by atoms with Gasteiger partial charge in [0.2, 0.25) is 0 Å². The molecule has 4 nitrogen and oxygen atoms in total. The first kappa shape index (κ1) is 21.0. The molecule has 1 N–H and O–H groups in total. The van der Waals surface area contributed by atoms with E-state index in [1.165, 1.54) is 5.56 Å². The predicted molar refractivity (Wildman–Crippen MR) is 111 cm³/mol. The quantitative estimate of drug-likeness (QED) is 0.674. The second-order valence-corrected chi connectivity index (χ2v) is 7.39. The number of ether oxygens (including phenoxy) is 2. The molecule has 1 amide bonds. The molecule has 146 valence electrons. The Bertz CT molecular complexity index is 773. The first-order valence-corrected chi connectivity index (χ1v) is 9.54. The Morgan fingerprint density at radius 3 is 2.33 bits per heavy atom. The zero-order valence-corrected chi connectivity index (χ0v) is 17.3. The Morgan fingerprint density at radius 2 is 1.74 bits per heavy atom. The van der Waals surface area contributed by atoms with Gasteiger partial charge in [0, 0.05) is 23.4 Å². The topological polar surface area (TPSA) is 47.6 Å². The van der Waals surface area contributed by atoms with Gasteiger partial charge in [0.15, 0.2) is 0 Å². The number of carbonyl (C=O) groups is 1. The standard InChI is InChI=1S/C23H31NO3/c1-7-27-21-9-8-19(12-20(21)14-26-13-15(2)3)23(25)24-22-17(5)10-16(4)11-18(22)6/h8-12,15H,7,13-14H2,1-6H3,(H,24,25). The molecule has 0 aromatic heterocycles. The van der Waals surface area contributed by atoms with E-state index in [4.69, 9.17) is 9.47 Å². The molecule has 4 heteroatoms. The number of rotatable bonds is 8. The minimum Gasteiger partial charge on any atom is -0.494 e. The summed E-state index contributed by atoms with van der Waals surface area (Å²) < 4.78 is 11.4. The van der Waals surface area contributed by atoms with Crippen molar-refractivity contribution in [1.29, 1.82) is 0 Å². The first-order chi connectivity index (χ1) is 12.8. The largest absolute Gasteiger partial charge is 0.494 e. The Hall–Kier alpha value is -2.33. The minimum atomic E-state index is -0.127. The highest BCUT2D eigenvalue weighted by Gasteiger charge is 2.14. The molecule has 0 aliphatic carbocycles. The van der Waals surface area contributed by atoms with E-state index in [2.05, 4.69) is 38.2 Å². The fourth-order valence-electron chi connectivity index (χ4n) is 3.10. The summed E-state index contributed by atoms with van der Waals surface area (Å²) in [6.07, 6.45) is 0. The van der Waals surface area contributed by atoms with Gasteiger partial charge >= 0.3 is 0 Å². The number of amides is 1. The van der Waals surface area contributed by atoms with Gasteiger partial charge in [0.05, 0.1) is 13.2 Å². The minimum absolute atomic E-state index is 0.127. The van der Waals surface area contributed by atoms with Crippen LogP contribution in [0.2, 0.25) is 0 Å². The molecule has 0 heterocycles. The molecular formula is C23H31NO3. The number of hydrogen-bond acceptors (Lipinski definition) is 3. The molecule has 0 atom stereocenters. The summed E-state index contributed by atoms with van der Waals surface area (Å²) in [6, 6.07) is 9.66. The molecule has 0 fully saturated rings. The number of benzene rings is 2. The molecule has 0 spiro atoms. The van der Waals surface area contributed by atoms with Crippen molar-refractivity contribution in [2.75, 3.05) is 18.5 Å². The van der Waals surface area contributed by atoms with Crippen LogP contribution in [0.5, 0.6) is 5.75 Å². The second kappa shape index (κ2) is 9.56. The number of hydrogen-bond donors (Lipinski definition) is 1. The molecule has 0 bridgehead atoms. The van der Waals surface area contributed by atoms with Gasteiger partial charge in [0.1, 0.15) is 5.75 Å². The van der Waals surface area contributed by atoms with Gasteiger partial charge in [-0.15, -0.1) is 0 Å². The molecule has 0 saturated carbocycles. The van der Waals surface area contributed by atoms with Crippen LogP contribution in [-0.2, 0) is 11.3 Å². The highest BCUT2D eigenvalue weighted by atomic mass is 16.5. The third kappa shape index (κ3) is 5.83. The van der Waals surface area contributed by atoms with E-state index in [-0.39, 0.29) is 5.91 Å². The zero-order valence-electron chi connectivity index (χ0n) is 17.3. The van der Waals surface area contributed by atoms with Crippen molar-refractivity contribution in [3.8, 4) is 5.75 Å². The zero-order chi connectivity index (χ0) is 20.0. The summed E-state index contributed by atoms with van der Waals surface area (Å²) in [4.78, 5) is 12.8. The SMILES string of the molecule is CCOc1ccc(C(=O)Nc2c(C)cc(C)cc2C)cc1COCC(C)C. The lowest BCUT2D eigenvalue weighted by atomic mass is 10.0. The highest BCUT2D eigenvalue weighted by molar-refractivity contribution is 6.05. The van der Waals surface area contributed by atoms with Crippen LogP contribution < -0.4 is 10.1 Å². The van der Waals surface area contributed by atoms with Crippen LogP contribution in [0.15, 0.2) is 30.3 Å². The van der Waals surface area contributed by atoms with E-state index in [1.54, 1.807) is 6.07 Å². The molecule has 0 saturated heterocycles. The Kier molecular flexibility index (Phi) is 7.43. The van der Waals surface area contributed by atoms with E-state index in [9.17, 15) is 4.79 Å². The lowest BCUT2D eigenvalue weighted by molar-refractivity contribution is 0.0948. The normalized spacial score (nSPS) is 10.9. The van der Waals surface area contributed by atoms with E-state index in [1.807, 2.05) is 32.9 Å². The molecule has 0 aliphatic rings. The maximum Gasteiger partial charge on any atom is 0.255 e. The summed E-state index contributed by atoms with van der Waals surface area (Å²) in [6.45, 7) is 13.9. The molecule has 2 aromatic rings. The van der Waals surface area contributed by atoms with Gasteiger partial charge in [-0.3, -0.25) is 4.79 Å². The predicted octanol–water partition coefficient (Wildman–Crippen LogP) is 5.44. The Labute approximate surface area is 162 Å². The van der Waals surface area contributed by atoms with Gasteiger partial charge in [-0.1, -0.05) is 31.5 Å². The third-order valence-electron chi connectivity index (χ3n) is 4.25. The highest BCUT2D eigenvalue weighted by Crippen LogP contribution is 2.25. The van der Waals surface area contributed by atoms with Gasteiger partial charge < -0.3 is 14.8 Å². The van der Waals surface area contributed by atoms with Crippen molar-refractivity contribution in [1.82, 2.24) is 0 Å². The van der Waals surface area contributed by atoms with Crippen LogP contribution in [0.4, 0.5) is 5.69 Å². The Balaban J connectivity index is 2.23. The van der Waals surface area contributed by atoms with Crippen LogP contribution in [0.1, 0.15) is 53.4 Å². The lowest BCUT2D eigenvalue weighted by Gasteiger charge is -2.15. The van der Waals surface area contributed by atoms with Crippen LogP contribution >= 0.6 is 0 Å². The summed E-state index contributed by atoms with van der Waals surface area (Å²) in [5, 5.41) is 3.05. The van der Waals surface area contributed by atoms with Crippen LogP contribution in [-0.4, -0.2) is 19.1 Å². The smallest absolute Gasteiger partial charge is 0.255 e. The molecule has 0 unspecified atom stereocenters. The summed E-state index contributed by atoms with van der Waals surface area (Å²) in [7, 11) is 0. The van der Waals surface area contributed by atoms with Gasteiger partial charge in [-0.25, -0.2) is 0 Å². The van der Waals surface area contributed by atoms with Gasteiger partial charge in [-0.2, -0.15) is 0 Å². The van der Waals surface area contributed by atoms with Crippen molar-refractivity contribution in [2.24, 2.45) is 5.92 Å². The Morgan fingerprint density at radius 1 is 1.07 bits per heavy atom. The number of aryl methyl sites for hydroxylation is 3. The molecular weight excluding hydrogens is 338 g/mol. The molecule has 27 heavy (non-hydrogen) atoms. The number of nitrogens with one attached hydrogen (secondary N) is 1. The average molecular weight is 370 g/mol. The number of anilines is 1. The fourth-order valence-corrected chi connectivity index (χ4v) is 3.10. The molecule has 2 aromatic carbocycles. The summed E-state index contributed by atoms with van der Waals surface area (Å²) in [5.41, 5.74) is 5.67. The van der Waals surface area contributed by atoms with E-state index >= 15 is 0 Å². The van der Waals surface area contributed by atoms with Crippen LogP contribution in [0.3, 0.4) is 0 Å². The second-order valence-electron chi connectivity index (χ2n) is 7.39. The summed E-state index contributed by atoms with van der Waals surface area (Å²) >= 11 is 0. The summed E-state index contributed by atoms with van der Waals surface area (Å²) in [5.74, 6) is 1.10. The van der Waals surface area contributed by atoms with Gasteiger partial charge in [-0.05, 0) is 62.9 Å². The lowest BCUT2D eigenvalue weighted by Crippen LogP contribution is -2.15. The molecule has 0 radical (unpaired) electrons. The maximum atomic E-state index is 12.8. The molecule has 0 aliphatic heterocycles. The van der Waals surface area contributed by atoms with E-state index in [0.29, 0.717) is 31.3 Å². The van der Waals surface area contributed by atoms with Crippen molar-refractivity contribution in [3.63, 3.8) is 0 Å². The van der Waals surface area contributed by atoms with E-state index < -0.39 is 0 Å². The van der Waals surface area contributed by atoms with Crippen molar-refractivity contribution in [3.05, 3.63) is 58.1 Å². The molecule has 2 rings (SSSR count). The maximum absolute atomic E-state index is 12.8. The third-order valence-corrected chi connectivity index (χ3v) is 4.25. The van der Waals surface area contributed by atoms with E-state index in [0.717, 1.165) is 28.1 Å². The van der Waals surface area contributed by atoms with Crippen LogP contribution in [0.25, 0.3) is 0 Å². The van der Waals surface area contributed by atoms with Gasteiger partial charge in [0.25, 0.3) is 5.91 Å². The van der Waals surface area contributed by atoms with Crippen molar-refractivity contribution in [2.45, 2.75) is 48.1 Å².